The number of amides is 1. The molecule has 1 heterocycles. The number of carbonyl (C=O) groups excluding carboxylic acids is 1. The Labute approximate surface area is 161 Å². The Kier molecular flexibility index (Phi) is 5.45. The Balaban J connectivity index is 1.79. The number of fused-ring (bicyclic) bond motifs is 1. The molecule has 1 amide bonds. The monoisotopic (exact) mass is 361 g/mol. The van der Waals surface area contributed by atoms with Crippen molar-refractivity contribution in [2.45, 2.75) is 27.2 Å². The van der Waals surface area contributed by atoms with Crippen LogP contribution in [0.15, 0.2) is 60.8 Å². The normalized spacial score (nSPS) is 11.4. The zero-order valence-corrected chi connectivity index (χ0v) is 16.5. The molecule has 0 unspecified atom stereocenters. The van der Waals surface area contributed by atoms with Crippen LogP contribution in [0.5, 0.6) is 0 Å². The molecule has 0 spiro atoms. The molecular formula is C23H27N3O. The van der Waals surface area contributed by atoms with Gasteiger partial charge in [0.25, 0.3) is 5.91 Å². The van der Waals surface area contributed by atoms with E-state index in [0.29, 0.717) is 11.3 Å². The molecule has 1 aromatic heterocycles. The zero-order valence-electron chi connectivity index (χ0n) is 16.5. The maximum atomic E-state index is 12.9. The second-order valence-electron chi connectivity index (χ2n) is 8.12. The first-order chi connectivity index (χ1) is 12.8. The second-order valence-corrected chi connectivity index (χ2v) is 8.12. The fraction of sp³-hybridized carbons (Fsp3) is 0.304. The lowest BCUT2D eigenvalue weighted by Gasteiger charge is -2.26. The van der Waals surface area contributed by atoms with Crippen LogP contribution in [0.4, 0.5) is 11.4 Å². The maximum absolute atomic E-state index is 12.9. The van der Waals surface area contributed by atoms with Gasteiger partial charge in [-0.25, -0.2) is 0 Å². The molecule has 3 aromatic rings. The van der Waals surface area contributed by atoms with E-state index in [1.54, 1.807) is 6.20 Å². The van der Waals surface area contributed by atoms with Crippen molar-refractivity contribution in [2.75, 3.05) is 23.8 Å². The number of rotatable bonds is 5. The summed E-state index contributed by atoms with van der Waals surface area (Å²) < 4.78 is 0. The summed E-state index contributed by atoms with van der Waals surface area (Å²) in [7, 11) is 2.04. The molecule has 3 rings (SSSR count). The minimum atomic E-state index is -0.120. The molecule has 0 saturated carbocycles. The van der Waals surface area contributed by atoms with Crippen molar-refractivity contribution in [3.63, 3.8) is 0 Å². The Morgan fingerprint density at radius 3 is 2.56 bits per heavy atom. The van der Waals surface area contributed by atoms with Gasteiger partial charge in [0.05, 0.1) is 23.0 Å². The van der Waals surface area contributed by atoms with Gasteiger partial charge in [-0.3, -0.25) is 9.78 Å². The van der Waals surface area contributed by atoms with E-state index in [1.807, 2.05) is 61.6 Å². The standard InChI is InChI=1S/C23H27N3O/c1-23(2,3)13-14-26(4)21-12-8-6-10-19(21)22(27)25-18-15-17-9-5-7-11-20(17)24-16-18/h5-12,15-16H,13-14H2,1-4H3,(H,25,27). The summed E-state index contributed by atoms with van der Waals surface area (Å²) in [6.45, 7) is 7.58. The highest BCUT2D eigenvalue weighted by molar-refractivity contribution is 6.08. The van der Waals surface area contributed by atoms with E-state index >= 15 is 0 Å². The van der Waals surface area contributed by atoms with E-state index in [1.165, 1.54) is 0 Å². The average Bonchev–Trinajstić information content (AvgIpc) is 2.65. The molecule has 0 saturated heterocycles. The number of carbonyl (C=O) groups is 1. The summed E-state index contributed by atoms with van der Waals surface area (Å²) in [5.41, 5.74) is 3.47. The van der Waals surface area contributed by atoms with Crippen LogP contribution in [0.25, 0.3) is 10.9 Å². The van der Waals surface area contributed by atoms with Gasteiger partial charge in [-0.05, 0) is 36.1 Å². The first-order valence-electron chi connectivity index (χ1n) is 9.30. The highest BCUT2D eigenvalue weighted by atomic mass is 16.1. The van der Waals surface area contributed by atoms with Crippen molar-refractivity contribution in [3.8, 4) is 0 Å². The van der Waals surface area contributed by atoms with Gasteiger partial charge >= 0.3 is 0 Å². The number of aromatic nitrogens is 1. The predicted octanol–water partition coefficient (Wildman–Crippen LogP) is 5.36. The molecular weight excluding hydrogens is 334 g/mol. The first-order valence-corrected chi connectivity index (χ1v) is 9.30. The lowest BCUT2D eigenvalue weighted by atomic mass is 9.92. The molecule has 27 heavy (non-hydrogen) atoms. The third-order valence-corrected chi connectivity index (χ3v) is 4.61. The van der Waals surface area contributed by atoms with E-state index < -0.39 is 0 Å². The summed E-state index contributed by atoms with van der Waals surface area (Å²) in [6.07, 6.45) is 2.75. The Morgan fingerprint density at radius 2 is 1.78 bits per heavy atom. The number of nitrogens with one attached hydrogen (secondary N) is 1. The molecule has 4 heteroatoms. The van der Waals surface area contributed by atoms with E-state index in [2.05, 4.69) is 36.0 Å². The number of pyridine rings is 1. The van der Waals surface area contributed by atoms with Gasteiger partial charge in [-0.2, -0.15) is 0 Å². The number of anilines is 2. The second kappa shape index (κ2) is 7.78. The molecule has 140 valence electrons. The van der Waals surface area contributed by atoms with Crippen LogP contribution in [-0.2, 0) is 0 Å². The highest BCUT2D eigenvalue weighted by Gasteiger charge is 2.17. The van der Waals surface area contributed by atoms with Gasteiger partial charge in [0.2, 0.25) is 0 Å². The van der Waals surface area contributed by atoms with Crippen LogP contribution in [0.2, 0.25) is 0 Å². The van der Waals surface area contributed by atoms with Crippen molar-refractivity contribution >= 4 is 28.2 Å². The summed E-state index contributed by atoms with van der Waals surface area (Å²) >= 11 is 0. The van der Waals surface area contributed by atoms with Crippen molar-refractivity contribution in [2.24, 2.45) is 5.41 Å². The predicted molar refractivity (Wildman–Crippen MR) is 113 cm³/mol. The van der Waals surface area contributed by atoms with Crippen molar-refractivity contribution in [1.29, 1.82) is 0 Å². The van der Waals surface area contributed by atoms with E-state index in [-0.39, 0.29) is 11.3 Å². The molecule has 0 aliphatic heterocycles. The molecule has 1 N–H and O–H groups in total. The van der Waals surface area contributed by atoms with E-state index in [0.717, 1.165) is 29.6 Å². The number of benzene rings is 2. The first kappa shape index (κ1) is 18.9. The summed E-state index contributed by atoms with van der Waals surface area (Å²) in [6, 6.07) is 17.6. The summed E-state index contributed by atoms with van der Waals surface area (Å²) in [4.78, 5) is 19.5. The molecule has 0 radical (unpaired) electrons. The van der Waals surface area contributed by atoms with Gasteiger partial charge in [0.15, 0.2) is 0 Å². The van der Waals surface area contributed by atoms with Crippen LogP contribution in [-0.4, -0.2) is 24.5 Å². The van der Waals surface area contributed by atoms with Crippen LogP contribution in [0, 0.1) is 5.41 Å². The average molecular weight is 361 g/mol. The third kappa shape index (κ3) is 4.85. The highest BCUT2D eigenvalue weighted by Crippen LogP contribution is 2.25. The Hall–Kier alpha value is -2.88. The van der Waals surface area contributed by atoms with Gasteiger partial charge in [0.1, 0.15) is 0 Å². The number of hydrogen-bond acceptors (Lipinski definition) is 3. The molecule has 0 atom stereocenters. The number of hydrogen-bond donors (Lipinski definition) is 1. The molecule has 0 aliphatic rings. The van der Waals surface area contributed by atoms with Gasteiger partial charge in [-0.1, -0.05) is 51.1 Å². The maximum Gasteiger partial charge on any atom is 0.257 e. The quantitative estimate of drug-likeness (QED) is 0.665. The Morgan fingerprint density at radius 1 is 1.07 bits per heavy atom. The van der Waals surface area contributed by atoms with E-state index in [4.69, 9.17) is 0 Å². The summed E-state index contributed by atoms with van der Waals surface area (Å²) in [5.74, 6) is -0.120. The molecule has 0 fully saturated rings. The van der Waals surface area contributed by atoms with Crippen molar-refractivity contribution in [1.82, 2.24) is 4.98 Å². The fourth-order valence-corrected chi connectivity index (χ4v) is 2.96. The lowest BCUT2D eigenvalue weighted by Crippen LogP contribution is -2.25. The largest absolute Gasteiger partial charge is 0.374 e. The SMILES string of the molecule is CN(CCC(C)(C)C)c1ccccc1C(=O)Nc1cnc2ccccc2c1. The topological polar surface area (TPSA) is 45.2 Å². The molecule has 4 nitrogen and oxygen atoms in total. The van der Waals surface area contributed by atoms with Crippen LogP contribution >= 0.6 is 0 Å². The third-order valence-electron chi connectivity index (χ3n) is 4.61. The fourth-order valence-electron chi connectivity index (χ4n) is 2.96. The van der Waals surface area contributed by atoms with Crippen LogP contribution in [0.3, 0.4) is 0 Å². The van der Waals surface area contributed by atoms with E-state index in [9.17, 15) is 4.79 Å². The lowest BCUT2D eigenvalue weighted by molar-refractivity contribution is 0.102. The van der Waals surface area contributed by atoms with Gasteiger partial charge < -0.3 is 10.2 Å². The number of nitrogens with zero attached hydrogens (tertiary/aromatic N) is 2. The van der Waals surface area contributed by atoms with Crippen LogP contribution < -0.4 is 10.2 Å². The van der Waals surface area contributed by atoms with Crippen molar-refractivity contribution < 1.29 is 4.79 Å². The molecule has 0 aliphatic carbocycles. The summed E-state index contributed by atoms with van der Waals surface area (Å²) in [5, 5.41) is 4.00. The van der Waals surface area contributed by atoms with Gasteiger partial charge in [-0.15, -0.1) is 0 Å². The smallest absolute Gasteiger partial charge is 0.257 e. The molecule has 0 bridgehead atoms. The van der Waals surface area contributed by atoms with Crippen molar-refractivity contribution in [3.05, 3.63) is 66.4 Å². The minimum Gasteiger partial charge on any atom is -0.374 e. The minimum absolute atomic E-state index is 0.120. The van der Waals surface area contributed by atoms with Gasteiger partial charge in [0, 0.05) is 24.7 Å². The van der Waals surface area contributed by atoms with Crippen LogP contribution in [0.1, 0.15) is 37.6 Å². The Bertz CT molecular complexity index is 944. The molecule has 2 aromatic carbocycles. The zero-order chi connectivity index (χ0) is 19.4. The number of para-hydroxylation sites is 2.